The van der Waals surface area contributed by atoms with Crippen LogP contribution in [0.3, 0.4) is 0 Å². The number of benzene rings is 2. The lowest BCUT2D eigenvalue weighted by atomic mass is 9.82. The first kappa shape index (κ1) is 28.0. The van der Waals surface area contributed by atoms with Crippen LogP contribution < -0.4 is 5.32 Å². The zero-order chi connectivity index (χ0) is 27.7. The maximum Gasteiger partial charge on any atom is 0.471 e. The van der Waals surface area contributed by atoms with Crippen LogP contribution in [-0.4, -0.2) is 43.0 Å². The second-order valence-corrected chi connectivity index (χ2v) is 9.43. The number of alkyl halides is 3. The molecule has 1 unspecified atom stereocenters. The maximum absolute atomic E-state index is 13.2. The lowest BCUT2D eigenvalue weighted by Gasteiger charge is -2.24. The predicted molar refractivity (Wildman–Crippen MR) is 136 cm³/mol. The van der Waals surface area contributed by atoms with E-state index < -0.39 is 18.1 Å². The number of halogens is 3. The number of nitrogens with one attached hydrogen (secondary N) is 1. The van der Waals surface area contributed by atoms with Gasteiger partial charge in [-0.05, 0) is 60.4 Å². The number of hydrogen-bond acceptors (Lipinski definition) is 4. The third-order valence-electron chi connectivity index (χ3n) is 6.73. The number of rotatable bonds is 7. The van der Waals surface area contributed by atoms with Gasteiger partial charge in [-0.15, -0.1) is 0 Å². The fraction of sp³-hybridized carbons (Fsp3) is 0.393. The molecule has 9 heteroatoms. The Morgan fingerprint density at radius 2 is 1.89 bits per heavy atom. The number of carbonyl (C=O) groups is 3. The largest absolute Gasteiger partial charge is 0.471 e. The van der Waals surface area contributed by atoms with Gasteiger partial charge in [0.05, 0.1) is 11.3 Å². The summed E-state index contributed by atoms with van der Waals surface area (Å²) in [5.41, 5.74) is 4.21. The van der Waals surface area contributed by atoms with E-state index in [1.54, 1.807) is 32.3 Å². The van der Waals surface area contributed by atoms with Crippen molar-refractivity contribution in [3.8, 4) is 0 Å². The van der Waals surface area contributed by atoms with Gasteiger partial charge < -0.3 is 15.0 Å². The molecule has 6 nitrogen and oxygen atoms in total. The molecule has 1 aliphatic heterocycles. The number of nitrogens with zero attached hydrogens (tertiary/aromatic N) is 1. The van der Waals surface area contributed by atoms with Gasteiger partial charge >= 0.3 is 18.1 Å². The highest BCUT2D eigenvalue weighted by Crippen LogP contribution is 2.41. The zero-order valence-corrected chi connectivity index (χ0v) is 21.8. The van der Waals surface area contributed by atoms with Gasteiger partial charge in [0.25, 0.3) is 5.91 Å². The van der Waals surface area contributed by atoms with Crippen molar-refractivity contribution in [2.75, 3.05) is 19.4 Å². The van der Waals surface area contributed by atoms with Crippen molar-refractivity contribution >= 4 is 29.5 Å². The zero-order valence-electron chi connectivity index (χ0n) is 21.8. The molecule has 2 aromatic rings. The number of hydrogen-bond donors (Lipinski definition) is 1. The molecule has 0 bridgehead atoms. The molecule has 37 heavy (non-hydrogen) atoms. The first-order valence-electron chi connectivity index (χ1n) is 12.0. The van der Waals surface area contributed by atoms with Gasteiger partial charge in [-0.3, -0.25) is 9.59 Å². The Bertz CT molecular complexity index is 1280. The van der Waals surface area contributed by atoms with Crippen molar-refractivity contribution in [3.05, 3.63) is 68.8 Å². The number of carbonyl (C=O) groups excluding carboxylic acids is 3. The SMILES string of the molecule is CCC(C)c1c(C)c2c(c(NC(=O)C(F)(F)F)c1CC=Cc1cccc(C)c1C(=O)N(C)C)C(=O)OC2. The van der Waals surface area contributed by atoms with Crippen LogP contribution in [-0.2, 0) is 22.6 Å². The molecule has 0 aromatic heterocycles. The topological polar surface area (TPSA) is 75.7 Å². The van der Waals surface area contributed by atoms with Crippen molar-refractivity contribution < 1.29 is 32.3 Å². The number of cyclic esters (lactones) is 1. The van der Waals surface area contributed by atoms with Gasteiger partial charge in [0.1, 0.15) is 6.61 Å². The number of esters is 1. The molecule has 198 valence electrons. The Morgan fingerprint density at radius 1 is 1.22 bits per heavy atom. The maximum atomic E-state index is 13.2. The number of aryl methyl sites for hydroxylation is 1. The predicted octanol–water partition coefficient (Wildman–Crippen LogP) is 5.95. The smallest absolute Gasteiger partial charge is 0.457 e. The van der Waals surface area contributed by atoms with Crippen molar-refractivity contribution in [1.29, 1.82) is 0 Å². The third-order valence-corrected chi connectivity index (χ3v) is 6.73. The lowest BCUT2D eigenvalue weighted by molar-refractivity contribution is -0.167. The average Bonchev–Trinajstić information content (AvgIpc) is 3.21. The molecule has 0 saturated carbocycles. The fourth-order valence-corrected chi connectivity index (χ4v) is 4.68. The highest BCUT2D eigenvalue weighted by molar-refractivity contribution is 6.06. The van der Waals surface area contributed by atoms with Gasteiger partial charge in [0.15, 0.2) is 0 Å². The highest BCUT2D eigenvalue weighted by Gasteiger charge is 2.41. The fourth-order valence-electron chi connectivity index (χ4n) is 4.68. The van der Waals surface area contributed by atoms with Crippen molar-refractivity contribution in [1.82, 2.24) is 4.90 Å². The highest BCUT2D eigenvalue weighted by atomic mass is 19.4. The van der Waals surface area contributed by atoms with Gasteiger partial charge in [-0.2, -0.15) is 13.2 Å². The monoisotopic (exact) mass is 516 g/mol. The molecule has 1 atom stereocenters. The molecule has 1 heterocycles. The average molecular weight is 517 g/mol. The Hall–Kier alpha value is -3.62. The van der Waals surface area contributed by atoms with Crippen LogP contribution in [0.4, 0.5) is 18.9 Å². The summed E-state index contributed by atoms with van der Waals surface area (Å²) in [7, 11) is 3.31. The summed E-state index contributed by atoms with van der Waals surface area (Å²) in [5, 5.41) is 1.97. The molecule has 2 aromatic carbocycles. The number of anilines is 1. The van der Waals surface area contributed by atoms with E-state index in [4.69, 9.17) is 4.74 Å². The van der Waals surface area contributed by atoms with Crippen molar-refractivity contribution in [2.24, 2.45) is 0 Å². The first-order valence-corrected chi connectivity index (χ1v) is 12.0. The summed E-state index contributed by atoms with van der Waals surface area (Å²) >= 11 is 0. The molecule has 0 saturated heterocycles. The van der Waals surface area contributed by atoms with E-state index in [0.717, 1.165) is 16.7 Å². The van der Waals surface area contributed by atoms with Gasteiger partial charge in [0.2, 0.25) is 0 Å². The number of amides is 2. The van der Waals surface area contributed by atoms with E-state index in [1.807, 2.05) is 45.1 Å². The van der Waals surface area contributed by atoms with Crippen LogP contribution in [0, 0.1) is 13.8 Å². The minimum Gasteiger partial charge on any atom is -0.457 e. The number of ether oxygens (including phenoxy) is 1. The van der Waals surface area contributed by atoms with Crippen LogP contribution in [0.1, 0.15) is 80.3 Å². The molecular formula is C28H31F3N2O4. The van der Waals surface area contributed by atoms with Crippen LogP contribution >= 0.6 is 0 Å². The summed E-state index contributed by atoms with van der Waals surface area (Å²) in [6.45, 7) is 7.49. The first-order chi connectivity index (χ1) is 17.3. The molecule has 1 aliphatic rings. The van der Waals surface area contributed by atoms with Crippen LogP contribution in [0.25, 0.3) is 6.08 Å². The Morgan fingerprint density at radius 3 is 2.49 bits per heavy atom. The molecule has 1 N–H and O–H groups in total. The minimum atomic E-state index is -5.13. The van der Waals surface area contributed by atoms with E-state index in [1.165, 1.54) is 4.90 Å². The standard InChI is InChI=1S/C28H31F3N2O4/c1-7-15(2)21-17(4)20-14-37-26(35)23(20)24(32-27(36)28(29,30)31)19(21)13-9-12-18-11-8-10-16(3)22(18)25(34)33(5)6/h8-12,15H,7,13-14H2,1-6H3,(H,32,36). The van der Waals surface area contributed by atoms with Crippen LogP contribution in [0.2, 0.25) is 0 Å². The van der Waals surface area contributed by atoms with Gasteiger partial charge in [-0.25, -0.2) is 4.79 Å². The van der Waals surface area contributed by atoms with Crippen molar-refractivity contribution in [2.45, 2.75) is 59.2 Å². The van der Waals surface area contributed by atoms with E-state index in [0.29, 0.717) is 28.7 Å². The van der Waals surface area contributed by atoms with E-state index in [2.05, 4.69) is 0 Å². The summed E-state index contributed by atoms with van der Waals surface area (Å²) in [6, 6.07) is 5.43. The van der Waals surface area contributed by atoms with Gasteiger partial charge in [-0.1, -0.05) is 44.2 Å². The Labute approximate surface area is 214 Å². The molecule has 3 rings (SSSR count). The lowest BCUT2D eigenvalue weighted by Crippen LogP contribution is -2.31. The number of fused-ring (bicyclic) bond motifs is 1. The number of allylic oxidation sites excluding steroid dienone is 1. The molecule has 0 fully saturated rings. The molecule has 0 radical (unpaired) electrons. The summed E-state index contributed by atoms with van der Waals surface area (Å²) in [6.07, 6.45) is -0.847. The molecule has 0 aliphatic carbocycles. The van der Waals surface area contributed by atoms with Crippen LogP contribution in [0.5, 0.6) is 0 Å². The molecular weight excluding hydrogens is 485 g/mol. The second kappa shape index (κ2) is 10.8. The van der Waals surface area contributed by atoms with E-state index in [-0.39, 0.29) is 36.1 Å². The van der Waals surface area contributed by atoms with Crippen LogP contribution in [0.15, 0.2) is 24.3 Å². The molecule has 2 amide bonds. The summed E-state index contributed by atoms with van der Waals surface area (Å²) < 4.78 is 44.9. The normalized spacial score (nSPS) is 13.9. The van der Waals surface area contributed by atoms with Gasteiger partial charge in [0, 0.05) is 25.2 Å². The quantitative estimate of drug-likeness (QED) is 0.462. The molecule has 0 spiro atoms. The Kier molecular flexibility index (Phi) is 8.15. The second-order valence-electron chi connectivity index (χ2n) is 9.43. The van der Waals surface area contributed by atoms with E-state index >= 15 is 0 Å². The Balaban J connectivity index is 2.19. The summed E-state index contributed by atoms with van der Waals surface area (Å²) in [4.78, 5) is 38.8. The third kappa shape index (κ3) is 5.55. The minimum absolute atomic E-state index is 0.0374. The van der Waals surface area contributed by atoms with E-state index in [9.17, 15) is 27.6 Å². The summed E-state index contributed by atoms with van der Waals surface area (Å²) in [5.74, 6) is -3.16. The van der Waals surface area contributed by atoms with Crippen molar-refractivity contribution in [3.63, 3.8) is 0 Å².